The molecule has 0 fully saturated rings. The maximum Gasteiger partial charge on any atom is 0.252 e. The fraction of sp³-hybridized carbons (Fsp3) is 0.444. The molecule has 124 valence electrons. The molecule has 4 nitrogen and oxygen atoms in total. The lowest BCUT2D eigenvalue weighted by Crippen LogP contribution is -2.40. The van der Waals surface area contributed by atoms with Crippen molar-refractivity contribution < 1.29 is 9.18 Å². The van der Waals surface area contributed by atoms with Crippen molar-refractivity contribution in [1.82, 2.24) is 15.2 Å². The monoisotopic (exact) mass is 317 g/mol. The first-order chi connectivity index (χ1) is 10.7. The number of fused-ring (bicyclic) bond motifs is 1. The van der Waals surface area contributed by atoms with Crippen molar-refractivity contribution >= 4 is 16.8 Å². The number of aromatic nitrogens is 1. The summed E-state index contributed by atoms with van der Waals surface area (Å²) in [5, 5.41) is 3.66. The van der Waals surface area contributed by atoms with Crippen molar-refractivity contribution in [3.63, 3.8) is 0 Å². The van der Waals surface area contributed by atoms with Crippen LogP contribution in [0.25, 0.3) is 10.9 Å². The minimum absolute atomic E-state index is 0.0385. The van der Waals surface area contributed by atoms with Crippen LogP contribution in [0.15, 0.2) is 24.3 Å². The van der Waals surface area contributed by atoms with E-state index in [-0.39, 0.29) is 17.1 Å². The second kappa shape index (κ2) is 6.62. The van der Waals surface area contributed by atoms with E-state index in [1.165, 1.54) is 12.1 Å². The molecule has 0 bridgehead atoms. The van der Waals surface area contributed by atoms with Gasteiger partial charge in [-0.15, -0.1) is 0 Å². The van der Waals surface area contributed by atoms with Gasteiger partial charge in [0.25, 0.3) is 5.91 Å². The number of hydrogen-bond donors (Lipinski definition) is 1. The van der Waals surface area contributed by atoms with E-state index in [2.05, 4.69) is 29.0 Å². The Balaban J connectivity index is 2.24. The summed E-state index contributed by atoms with van der Waals surface area (Å²) in [7, 11) is 4.02. The SMILES string of the molecule is Cc1cc(C(=O)NCC(C)(C)CN(C)C)c2ccc(F)cc2n1. The number of carbonyl (C=O) groups excluding carboxylic acids is 1. The molecule has 0 atom stereocenters. The normalized spacial score (nSPS) is 12.0. The Morgan fingerprint density at radius 1 is 1.30 bits per heavy atom. The van der Waals surface area contributed by atoms with Gasteiger partial charge in [-0.2, -0.15) is 0 Å². The molecule has 1 heterocycles. The molecular formula is C18H24FN3O. The Kier molecular flexibility index (Phi) is 5.00. The first-order valence-corrected chi connectivity index (χ1v) is 7.68. The van der Waals surface area contributed by atoms with Gasteiger partial charge in [0.2, 0.25) is 0 Å². The Morgan fingerprint density at radius 2 is 2.00 bits per heavy atom. The molecule has 0 spiro atoms. The molecule has 1 amide bonds. The number of aryl methyl sites for hydroxylation is 1. The van der Waals surface area contributed by atoms with Crippen LogP contribution in [-0.2, 0) is 0 Å². The molecule has 5 heteroatoms. The van der Waals surface area contributed by atoms with Crippen molar-refractivity contribution in [2.24, 2.45) is 5.41 Å². The summed E-state index contributed by atoms with van der Waals surface area (Å²) in [6.45, 7) is 7.46. The quantitative estimate of drug-likeness (QED) is 0.922. The Labute approximate surface area is 136 Å². The van der Waals surface area contributed by atoms with Gasteiger partial charge in [0.15, 0.2) is 0 Å². The van der Waals surface area contributed by atoms with Crippen LogP contribution in [0.3, 0.4) is 0 Å². The Hall–Kier alpha value is -2.01. The molecule has 0 saturated carbocycles. The van der Waals surface area contributed by atoms with E-state index < -0.39 is 0 Å². The van der Waals surface area contributed by atoms with E-state index in [0.29, 0.717) is 28.7 Å². The van der Waals surface area contributed by atoms with E-state index in [1.807, 2.05) is 14.1 Å². The number of nitrogens with one attached hydrogen (secondary N) is 1. The molecule has 1 aromatic carbocycles. The van der Waals surface area contributed by atoms with Gasteiger partial charge in [-0.25, -0.2) is 4.39 Å². The van der Waals surface area contributed by atoms with Crippen LogP contribution in [-0.4, -0.2) is 43.0 Å². The summed E-state index contributed by atoms with van der Waals surface area (Å²) < 4.78 is 13.4. The van der Waals surface area contributed by atoms with Crippen molar-refractivity contribution in [3.8, 4) is 0 Å². The van der Waals surface area contributed by atoms with E-state index in [4.69, 9.17) is 0 Å². The van der Waals surface area contributed by atoms with Gasteiger partial charge in [0.1, 0.15) is 5.82 Å². The maximum atomic E-state index is 13.4. The van der Waals surface area contributed by atoms with Crippen molar-refractivity contribution in [1.29, 1.82) is 0 Å². The molecule has 0 aliphatic heterocycles. The zero-order valence-corrected chi connectivity index (χ0v) is 14.4. The largest absolute Gasteiger partial charge is 0.351 e. The minimum atomic E-state index is -0.353. The highest BCUT2D eigenvalue weighted by Crippen LogP contribution is 2.20. The molecule has 2 aromatic rings. The van der Waals surface area contributed by atoms with Crippen LogP contribution in [0.1, 0.15) is 29.9 Å². The predicted octanol–water partition coefficient (Wildman–Crippen LogP) is 3.00. The lowest BCUT2D eigenvalue weighted by molar-refractivity contribution is 0.0930. The zero-order chi connectivity index (χ0) is 17.2. The Bertz CT molecular complexity index is 720. The Morgan fingerprint density at radius 3 is 2.65 bits per heavy atom. The third-order valence-corrected chi connectivity index (χ3v) is 3.62. The number of benzene rings is 1. The fourth-order valence-electron chi connectivity index (χ4n) is 2.85. The van der Waals surface area contributed by atoms with Crippen LogP contribution in [0, 0.1) is 18.2 Å². The predicted molar refractivity (Wildman–Crippen MR) is 91.1 cm³/mol. The van der Waals surface area contributed by atoms with Crippen LogP contribution in [0.5, 0.6) is 0 Å². The van der Waals surface area contributed by atoms with Gasteiger partial charge in [-0.3, -0.25) is 9.78 Å². The highest BCUT2D eigenvalue weighted by atomic mass is 19.1. The molecule has 23 heavy (non-hydrogen) atoms. The summed E-state index contributed by atoms with van der Waals surface area (Å²) in [5.74, 6) is -0.506. The van der Waals surface area contributed by atoms with E-state index in [1.54, 1.807) is 19.1 Å². The average Bonchev–Trinajstić information content (AvgIpc) is 2.42. The number of rotatable bonds is 5. The van der Waals surface area contributed by atoms with Gasteiger partial charge in [0, 0.05) is 30.2 Å². The number of amides is 1. The minimum Gasteiger partial charge on any atom is -0.351 e. The third kappa shape index (κ3) is 4.48. The molecule has 1 aromatic heterocycles. The van der Waals surface area contributed by atoms with Gasteiger partial charge >= 0.3 is 0 Å². The molecule has 0 radical (unpaired) electrons. The lowest BCUT2D eigenvalue weighted by Gasteiger charge is -2.28. The van der Waals surface area contributed by atoms with Gasteiger partial charge in [-0.05, 0) is 44.6 Å². The number of carbonyl (C=O) groups is 1. The number of halogens is 1. The van der Waals surface area contributed by atoms with Gasteiger partial charge in [0.05, 0.1) is 11.1 Å². The first kappa shape index (κ1) is 17.3. The number of nitrogens with zero attached hydrogens (tertiary/aromatic N) is 2. The van der Waals surface area contributed by atoms with Crippen LogP contribution in [0.2, 0.25) is 0 Å². The van der Waals surface area contributed by atoms with Crippen molar-refractivity contribution in [3.05, 3.63) is 41.3 Å². The summed E-state index contributed by atoms with van der Waals surface area (Å²) in [5.41, 5.74) is 1.69. The zero-order valence-electron chi connectivity index (χ0n) is 14.4. The van der Waals surface area contributed by atoms with Crippen LogP contribution >= 0.6 is 0 Å². The highest BCUT2D eigenvalue weighted by Gasteiger charge is 2.21. The van der Waals surface area contributed by atoms with Gasteiger partial charge < -0.3 is 10.2 Å². The van der Waals surface area contributed by atoms with Crippen molar-refractivity contribution in [2.75, 3.05) is 27.2 Å². The number of pyridine rings is 1. The van der Waals surface area contributed by atoms with Crippen LogP contribution in [0.4, 0.5) is 4.39 Å². The fourth-order valence-corrected chi connectivity index (χ4v) is 2.85. The second-order valence-electron chi connectivity index (χ2n) is 7.06. The average molecular weight is 317 g/mol. The summed E-state index contributed by atoms with van der Waals surface area (Å²) >= 11 is 0. The maximum absolute atomic E-state index is 13.4. The standard InChI is InChI=1S/C18H24FN3O/c1-12-8-15(14-7-6-13(19)9-16(14)21-12)17(23)20-10-18(2,3)11-22(4)5/h6-9H,10-11H2,1-5H3,(H,20,23). The highest BCUT2D eigenvalue weighted by molar-refractivity contribution is 6.06. The smallest absolute Gasteiger partial charge is 0.252 e. The summed E-state index contributed by atoms with van der Waals surface area (Å²) in [6, 6.07) is 6.06. The molecule has 0 aliphatic carbocycles. The molecule has 0 unspecified atom stereocenters. The summed E-state index contributed by atoms with van der Waals surface area (Å²) in [4.78, 5) is 19.0. The molecule has 0 saturated heterocycles. The number of hydrogen-bond acceptors (Lipinski definition) is 3. The van der Waals surface area contributed by atoms with Gasteiger partial charge in [-0.1, -0.05) is 13.8 Å². The van der Waals surface area contributed by atoms with E-state index >= 15 is 0 Å². The van der Waals surface area contributed by atoms with E-state index in [0.717, 1.165) is 6.54 Å². The lowest BCUT2D eigenvalue weighted by atomic mass is 9.92. The molecule has 1 N–H and O–H groups in total. The molecule has 2 rings (SSSR count). The van der Waals surface area contributed by atoms with Crippen molar-refractivity contribution in [2.45, 2.75) is 20.8 Å². The first-order valence-electron chi connectivity index (χ1n) is 7.68. The van der Waals surface area contributed by atoms with Crippen LogP contribution < -0.4 is 5.32 Å². The second-order valence-corrected chi connectivity index (χ2v) is 7.06. The molecule has 0 aliphatic rings. The third-order valence-electron chi connectivity index (χ3n) is 3.62. The van der Waals surface area contributed by atoms with E-state index in [9.17, 15) is 9.18 Å². The summed E-state index contributed by atoms with van der Waals surface area (Å²) in [6.07, 6.45) is 0. The topological polar surface area (TPSA) is 45.2 Å². The molecular weight excluding hydrogens is 293 g/mol.